The molecule has 0 spiro atoms. The van der Waals surface area contributed by atoms with Crippen LogP contribution in [-0.4, -0.2) is 29.2 Å². The van der Waals surface area contributed by atoms with E-state index in [4.69, 9.17) is 20.9 Å². The molecule has 0 bridgehead atoms. The fourth-order valence-corrected chi connectivity index (χ4v) is 2.53. The molecule has 2 rings (SSSR count). The number of nitriles is 1. The largest absolute Gasteiger partial charge is 0.490 e. The summed E-state index contributed by atoms with van der Waals surface area (Å²) >= 11 is 0. The number of carboxylic acid groups (broad SMARTS) is 1. The predicted molar refractivity (Wildman–Crippen MR) is 95.9 cm³/mol. The van der Waals surface area contributed by atoms with E-state index in [1.165, 1.54) is 0 Å². The smallest absolute Gasteiger partial charge is 0.475 e. The first-order valence-corrected chi connectivity index (χ1v) is 8.40. The first-order chi connectivity index (χ1) is 12.9. The van der Waals surface area contributed by atoms with Gasteiger partial charge in [-0.1, -0.05) is 38.1 Å². The molecular formula is C19H22F3N3O3. The van der Waals surface area contributed by atoms with Gasteiger partial charge >= 0.3 is 12.1 Å². The van der Waals surface area contributed by atoms with Crippen molar-refractivity contribution in [1.82, 2.24) is 5.32 Å². The number of nitrogens with zero attached hydrogens (tertiary/aromatic N) is 1. The zero-order chi connectivity index (χ0) is 21.5. The van der Waals surface area contributed by atoms with Gasteiger partial charge in [0.05, 0.1) is 11.6 Å². The summed E-state index contributed by atoms with van der Waals surface area (Å²) < 4.78 is 31.7. The highest BCUT2D eigenvalue weighted by Gasteiger charge is 2.38. The minimum Gasteiger partial charge on any atom is -0.475 e. The summed E-state index contributed by atoms with van der Waals surface area (Å²) in [7, 11) is 0. The van der Waals surface area contributed by atoms with E-state index in [2.05, 4.69) is 37.4 Å². The Balaban J connectivity index is 0.000000480. The zero-order valence-corrected chi connectivity index (χ0v) is 15.5. The average Bonchev–Trinajstić information content (AvgIpc) is 2.60. The number of benzene rings is 1. The standard InChI is InChI=1S/C17H21N3O.C2HF3O2/c1-17(2)9-7-14(8-10-17)20-15(16(19)21)13-5-3-12(11-18)4-6-13;3-2(4,5)1(6)7/h3-7,9,14-15,20H,8,10H2,1-2H3,(H2,19,21);(H,6,7). The lowest BCUT2D eigenvalue weighted by atomic mass is 9.81. The number of nitrogens with two attached hydrogens (primary N) is 1. The van der Waals surface area contributed by atoms with Crippen LogP contribution in [0.2, 0.25) is 0 Å². The Morgan fingerprint density at radius 3 is 2.21 bits per heavy atom. The molecule has 2 unspecified atom stereocenters. The van der Waals surface area contributed by atoms with E-state index in [-0.39, 0.29) is 11.5 Å². The number of aliphatic carboxylic acids is 1. The van der Waals surface area contributed by atoms with Gasteiger partial charge < -0.3 is 10.8 Å². The lowest BCUT2D eigenvalue weighted by molar-refractivity contribution is -0.192. The molecule has 0 heterocycles. The number of hydrogen-bond acceptors (Lipinski definition) is 4. The van der Waals surface area contributed by atoms with Crippen LogP contribution in [0.5, 0.6) is 0 Å². The second kappa shape index (κ2) is 9.37. The van der Waals surface area contributed by atoms with Crippen molar-refractivity contribution in [2.24, 2.45) is 11.1 Å². The van der Waals surface area contributed by atoms with Gasteiger partial charge in [0, 0.05) is 6.04 Å². The topological polar surface area (TPSA) is 116 Å². The Morgan fingerprint density at radius 2 is 1.86 bits per heavy atom. The average molecular weight is 397 g/mol. The monoisotopic (exact) mass is 397 g/mol. The minimum absolute atomic E-state index is 0.145. The highest BCUT2D eigenvalue weighted by atomic mass is 19.4. The lowest BCUT2D eigenvalue weighted by Gasteiger charge is -2.31. The summed E-state index contributed by atoms with van der Waals surface area (Å²) in [6.07, 6.45) is 1.26. The second-order valence-electron chi connectivity index (χ2n) is 7.03. The van der Waals surface area contributed by atoms with Gasteiger partial charge in [-0.25, -0.2) is 4.79 Å². The van der Waals surface area contributed by atoms with Gasteiger partial charge in [0.15, 0.2) is 0 Å². The summed E-state index contributed by atoms with van der Waals surface area (Å²) in [5.74, 6) is -3.16. The summed E-state index contributed by atoms with van der Waals surface area (Å²) in [6, 6.07) is 8.63. The van der Waals surface area contributed by atoms with E-state index in [0.717, 1.165) is 18.4 Å². The van der Waals surface area contributed by atoms with Crippen molar-refractivity contribution in [1.29, 1.82) is 5.26 Å². The minimum atomic E-state index is -5.08. The number of nitrogens with one attached hydrogen (secondary N) is 1. The van der Waals surface area contributed by atoms with E-state index >= 15 is 0 Å². The van der Waals surface area contributed by atoms with Gasteiger partial charge in [-0.15, -0.1) is 0 Å². The Hall–Kier alpha value is -2.86. The third-order valence-electron chi connectivity index (χ3n) is 4.16. The maximum absolute atomic E-state index is 11.7. The molecule has 152 valence electrons. The molecule has 0 aliphatic heterocycles. The quantitative estimate of drug-likeness (QED) is 0.675. The van der Waals surface area contributed by atoms with E-state index < -0.39 is 24.1 Å². The van der Waals surface area contributed by atoms with E-state index in [9.17, 15) is 18.0 Å². The molecule has 9 heteroatoms. The molecule has 1 aromatic carbocycles. The van der Waals surface area contributed by atoms with Crippen molar-refractivity contribution in [3.63, 3.8) is 0 Å². The van der Waals surface area contributed by atoms with E-state index in [1.54, 1.807) is 24.3 Å². The first kappa shape index (κ1) is 23.2. The molecule has 2 atom stereocenters. The summed E-state index contributed by atoms with van der Waals surface area (Å²) in [6.45, 7) is 4.40. The Bertz CT molecular complexity index is 765. The molecule has 0 radical (unpaired) electrons. The number of carbonyl (C=O) groups excluding carboxylic acids is 1. The Morgan fingerprint density at radius 1 is 1.32 bits per heavy atom. The van der Waals surface area contributed by atoms with Gasteiger partial charge in [0.25, 0.3) is 0 Å². The van der Waals surface area contributed by atoms with Gasteiger partial charge in [-0.3, -0.25) is 10.1 Å². The van der Waals surface area contributed by atoms with Crippen molar-refractivity contribution in [2.75, 3.05) is 0 Å². The van der Waals surface area contributed by atoms with Crippen LogP contribution in [0.1, 0.15) is 43.9 Å². The van der Waals surface area contributed by atoms with Crippen LogP contribution in [0.3, 0.4) is 0 Å². The Kier molecular flexibility index (Phi) is 7.76. The molecule has 0 fully saturated rings. The highest BCUT2D eigenvalue weighted by Crippen LogP contribution is 2.30. The number of hydrogen-bond donors (Lipinski definition) is 3. The number of carbonyl (C=O) groups is 2. The summed E-state index contributed by atoms with van der Waals surface area (Å²) in [5.41, 5.74) is 7.10. The van der Waals surface area contributed by atoms with E-state index in [1.807, 2.05) is 0 Å². The van der Waals surface area contributed by atoms with Crippen molar-refractivity contribution >= 4 is 11.9 Å². The van der Waals surface area contributed by atoms with Gasteiger partial charge in [-0.2, -0.15) is 18.4 Å². The summed E-state index contributed by atoms with van der Waals surface area (Å²) in [4.78, 5) is 20.6. The molecule has 4 N–H and O–H groups in total. The Labute approximate surface area is 160 Å². The molecule has 0 saturated heterocycles. The molecule has 0 saturated carbocycles. The number of amides is 1. The van der Waals surface area contributed by atoms with Crippen LogP contribution in [0.25, 0.3) is 0 Å². The maximum Gasteiger partial charge on any atom is 0.490 e. The normalized spacial score (nSPS) is 18.9. The van der Waals surface area contributed by atoms with Crippen LogP contribution in [0.4, 0.5) is 13.2 Å². The first-order valence-electron chi connectivity index (χ1n) is 8.40. The summed E-state index contributed by atoms with van der Waals surface area (Å²) in [5, 5.41) is 19.2. The van der Waals surface area contributed by atoms with Crippen molar-refractivity contribution in [2.45, 2.75) is 44.9 Å². The molecule has 1 amide bonds. The highest BCUT2D eigenvalue weighted by molar-refractivity contribution is 5.81. The van der Waals surface area contributed by atoms with E-state index in [0.29, 0.717) is 5.56 Å². The van der Waals surface area contributed by atoms with Crippen molar-refractivity contribution < 1.29 is 27.9 Å². The maximum atomic E-state index is 11.7. The molecule has 1 aliphatic rings. The number of primary amides is 1. The van der Waals surface area contributed by atoms with Gasteiger partial charge in [0.1, 0.15) is 6.04 Å². The second-order valence-corrected chi connectivity index (χ2v) is 7.03. The van der Waals surface area contributed by atoms with Crippen molar-refractivity contribution in [3.05, 3.63) is 47.5 Å². The van der Waals surface area contributed by atoms with Crippen LogP contribution >= 0.6 is 0 Å². The fourth-order valence-electron chi connectivity index (χ4n) is 2.53. The SMILES string of the molecule is CC1(C)C=CC(NC(C(N)=O)c2ccc(C#N)cc2)CC1.O=C(O)C(F)(F)F. The number of alkyl halides is 3. The fraction of sp³-hybridized carbons (Fsp3) is 0.421. The lowest BCUT2D eigenvalue weighted by Crippen LogP contribution is -2.40. The van der Waals surface area contributed by atoms with Gasteiger partial charge in [0.2, 0.25) is 5.91 Å². The number of allylic oxidation sites excluding steroid dienone is 1. The number of carboxylic acids is 1. The molecule has 1 aliphatic carbocycles. The third-order valence-corrected chi connectivity index (χ3v) is 4.16. The molecular weight excluding hydrogens is 375 g/mol. The van der Waals surface area contributed by atoms with Crippen LogP contribution < -0.4 is 11.1 Å². The van der Waals surface area contributed by atoms with Crippen LogP contribution in [0, 0.1) is 16.7 Å². The van der Waals surface area contributed by atoms with Gasteiger partial charge in [-0.05, 0) is 36.0 Å². The number of rotatable bonds is 4. The zero-order valence-electron chi connectivity index (χ0n) is 15.5. The molecule has 0 aromatic heterocycles. The third kappa shape index (κ3) is 7.40. The molecule has 1 aromatic rings. The van der Waals surface area contributed by atoms with Crippen molar-refractivity contribution in [3.8, 4) is 6.07 Å². The van der Waals surface area contributed by atoms with Crippen LogP contribution in [0.15, 0.2) is 36.4 Å². The molecule has 6 nitrogen and oxygen atoms in total. The molecule has 28 heavy (non-hydrogen) atoms. The number of halogens is 3. The van der Waals surface area contributed by atoms with Crippen LogP contribution in [-0.2, 0) is 9.59 Å². The predicted octanol–water partition coefficient (Wildman–Crippen LogP) is 3.05.